The van der Waals surface area contributed by atoms with Crippen LogP contribution in [-0.2, 0) is 17.8 Å². The van der Waals surface area contributed by atoms with Gasteiger partial charge in [-0.15, -0.1) is 0 Å². The minimum absolute atomic E-state index is 0.171. The van der Waals surface area contributed by atoms with Crippen molar-refractivity contribution in [2.45, 2.75) is 19.4 Å². The molecule has 0 saturated carbocycles. The third-order valence-electron chi connectivity index (χ3n) is 6.64. The fraction of sp³-hybridized carbons (Fsp3) is 0.345. The van der Waals surface area contributed by atoms with Gasteiger partial charge in [-0.3, -0.25) is 9.69 Å². The molecule has 36 heavy (non-hydrogen) atoms. The van der Waals surface area contributed by atoms with Crippen LogP contribution < -0.4 is 14.2 Å². The normalized spacial score (nSPS) is 13.9. The molecule has 6 nitrogen and oxygen atoms in total. The molecule has 1 heterocycles. The molecular formula is C29H33ClN2O4. The predicted octanol–water partition coefficient (Wildman–Crippen LogP) is 5.31. The Morgan fingerprint density at radius 1 is 0.861 bits per heavy atom. The van der Waals surface area contributed by atoms with Gasteiger partial charge in [-0.2, -0.15) is 0 Å². The van der Waals surface area contributed by atoms with Crippen LogP contribution in [0.2, 0.25) is 5.02 Å². The summed E-state index contributed by atoms with van der Waals surface area (Å²) in [5.41, 5.74) is 4.64. The van der Waals surface area contributed by atoms with E-state index >= 15 is 0 Å². The van der Waals surface area contributed by atoms with E-state index in [4.69, 9.17) is 25.8 Å². The Labute approximate surface area is 218 Å². The third kappa shape index (κ3) is 6.12. The number of carbonyl (C=O) groups is 1. The molecule has 4 rings (SSSR count). The van der Waals surface area contributed by atoms with Crippen molar-refractivity contribution in [2.75, 3.05) is 47.5 Å². The van der Waals surface area contributed by atoms with E-state index in [1.807, 2.05) is 29.2 Å². The van der Waals surface area contributed by atoms with Crippen LogP contribution >= 0.6 is 11.6 Å². The molecule has 3 aromatic carbocycles. The maximum atomic E-state index is 12.9. The topological polar surface area (TPSA) is 51.2 Å². The lowest BCUT2D eigenvalue weighted by Gasteiger charge is -2.35. The summed E-state index contributed by atoms with van der Waals surface area (Å²) in [6, 6.07) is 20.3. The number of rotatable bonds is 9. The van der Waals surface area contributed by atoms with Gasteiger partial charge in [-0.25, -0.2) is 0 Å². The van der Waals surface area contributed by atoms with Crippen molar-refractivity contribution >= 4 is 17.5 Å². The van der Waals surface area contributed by atoms with E-state index in [2.05, 4.69) is 41.3 Å². The van der Waals surface area contributed by atoms with Crippen molar-refractivity contribution in [2.24, 2.45) is 0 Å². The second-order valence-electron chi connectivity index (χ2n) is 8.85. The maximum Gasteiger partial charge on any atom is 0.222 e. The number of piperazine rings is 1. The highest BCUT2D eigenvalue weighted by atomic mass is 35.5. The summed E-state index contributed by atoms with van der Waals surface area (Å²) in [6.45, 7) is 4.02. The number of aryl methyl sites for hydroxylation is 1. The molecule has 1 saturated heterocycles. The van der Waals surface area contributed by atoms with E-state index < -0.39 is 0 Å². The average molecular weight is 509 g/mol. The van der Waals surface area contributed by atoms with Gasteiger partial charge in [-0.05, 0) is 52.9 Å². The van der Waals surface area contributed by atoms with E-state index in [9.17, 15) is 4.79 Å². The quantitative estimate of drug-likeness (QED) is 0.392. The van der Waals surface area contributed by atoms with Crippen molar-refractivity contribution in [1.29, 1.82) is 0 Å². The first-order valence-electron chi connectivity index (χ1n) is 12.1. The first-order valence-corrected chi connectivity index (χ1v) is 12.5. The Kier molecular flexibility index (Phi) is 8.73. The zero-order chi connectivity index (χ0) is 25.5. The van der Waals surface area contributed by atoms with Gasteiger partial charge in [0.25, 0.3) is 0 Å². The van der Waals surface area contributed by atoms with Gasteiger partial charge < -0.3 is 19.1 Å². The minimum atomic E-state index is 0.171. The molecule has 0 unspecified atom stereocenters. The summed E-state index contributed by atoms with van der Waals surface area (Å²) in [6.07, 6.45) is 1.06. The summed E-state index contributed by atoms with van der Waals surface area (Å²) in [4.78, 5) is 17.3. The van der Waals surface area contributed by atoms with E-state index in [-0.39, 0.29) is 5.91 Å². The van der Waals surface area contributed by atoms with Gasteiger partial charge >= 0.3 is 0 Å². The van der Waals surface area contributed by atoms with Crippen molar-refractivity contribution in [1.82, 2.24) is 9.80 Å². The molecule has 1 amide bonds. The largest absolute Gasteiger partial charge is 0.493 e. The van der Waals surface area contributed by atoms with Crippen LogP contribution in [0.3, 0.4) is 0 Å². The fourth-order valence-corrected chi connectivity index (χ4v) is 4.78. The fourth-order valence-electron chi connectivity index (χ4n) is 4.65. The molecule has 0 N–H and O–H groups in total. The number of benzene rings is 3. The molecule has 0 aromatic heterocycles. The lowest BCUT2D eigenvalue weighted by Crippen LogP contribution is -2.48. The van der Waals surface area contributed by atoms with Gasteiger partial charge in [0, 0.05) is 44.2 Å². The van der Waals surface area contributed by atoms with Crippen LogP contribution in [0.5, 0.6) is 17.2 Å². The number of carbonyl (C=O) groups excluding carboxylic acids is 1. The van der Waals surface area contributed by atoms with Crippen molar-refractivity contribution < 1.29 is 19.0 Å². The number of amides is 1. The van der Waals surface area contributed by atoms with E-state index in [1.54, 1.807) is 21.3 Å². The number of ether oxygens (including phenoxy) is 3. The first kappa shape index (κ1) is 25.9. The average Bonchev–Trinajstić information content (AvgIpc) is 2.92. The number of methoxy groups -OCH3 is 3. The van der Waals surface area contributed by atoms with E-state index in [0.29, 0.717) is 30.1 Å². The van der Waals surface area contributed by atoms with E-state index in [1.165, 1.54) is 11.1 Å². The number of hydrogen-bond donors (Lipinski definition) is 0. The van der Waals surface area contributed by atoms with Crippen LogP contribution in [0.4, 0.5) is 0 Å². The minimum Gasteiger partial charge on any atom is -0.493 e. The predicted molar refractivity (Wildman–Crippen MR) is 143 cm³/mol. The second-order valence-corrected chi connectivity index (χ2v) is 9.29. The zero-order valence-electron chi connectivity index (χ0n) is 21.1. The highest BCUT2D eigenvalue weighted by Crippen LogP contribution is 2.38. The Morgan fingerprint density at radius 3 is 2.11 bits per heavy atom. The second kappa shape index (κ2) is 12.2. The van der Waals surface area contributed by atoms with Gasteiger partial charge in [0.15, 0.2) is 11.5 Å². The first-order chi connectivity index (χ1) is 17.5. The van der Waals surface area contributed by atoms with E-state index in [0.717, 1.165) is 48.9 Å². The molecule has 0 spiro atoms. The summed E-state index contributed by atoms with van der Waals surface area (Å²) in [5.74, 6) is 1.94. The summed E-state index contributed by atoms with van der Waals surface area (Å²) in [5, 5.41) is 0.738. The summed E-state index contributed by atoms with van der Waals surface area (Å²) >= 11 is 6.07. The zero-order valence-corrected chi connectivity index (χ0v) is 21.9. The highest BCUT2D eigenvalue weighted by molar-refractivity contribution is 6.30. The van der Waals surface area contributed by atoms with Gasteiger partial charge in [-0.1, -0.05) is 48.0 Å². The smallest absolute Gasteiger partial charge is 0.222 e. The maximum absolute atomic E-state index is 12.9. The van der Waals surface area contributed by atoms with Gasteiger partial charge in [0.05, 0.1) is 21.3 Å². The Hall–Kier alpha value is -3.22. The number of halogens is 1. The molecule has 1 aliphatic heterocycles. The molecule has 190 valence electrons. The van der Waals surface area contributed by atoms with Crippen molar-refractivity contribution in [3.63, 3.8) is 0 Å². The van der Waals surface area contributed by atoms with Crippen LogP contribution in [0.1, 0.15) is 17.5 Å². The molecule has 7 heteroatoms. The van der Waals surface area contributed by atoms with Gasteiger partial charge in [0.2, 0.25) is 11.7 Å². The Bertz CT molecular complexity index is 1150. The number of hydrogen-bond acceptors (Lipinski definition) is 5. The molecule has 1 fully saturated rings. The lowest BCUT2D eigenvalue weighted by molar-refractivity contribution is -0.133. The standard InChI is InChI=1S/C29H33ClN2O4/c1-34-26-18-21(19-27(35-2)29(26)36-3)8-13-28(33)32-16-14-31(15-17-32)20-23-6-4-5-7-25(23)22-9-11-24(30)12-10-22/h4-7,9-12,18-19H,8,13-17,20H2,1-3H3. The van der Waals surface area contributed by atoms with Crippen LogP contribution in [0.15, 0.2) is 60.7 Å². The Morgan fingerprint density at radius 2 is 1.50 bits per heavy atom. The molecular weight excluding hydrogens is 476 g/mol. The van der Waals surface area contributed by atoms with Crippen LogP contribution in [0.25, 0.3) is 11.1 Å². The molecule has 0 radical (unpaired) electrons. The molecule has 0 aliphatic carbocycles. The van der Waals surface area contributed by atoms with Crippen LogP contribution in [-0.4, -0.2) is 63.2 Å². The SMILES string of the molecule is COc1cc(CCC(=O)N2CCN(Cc3ccccc3-c3ccc(Cl)cc3)CC2)cc(OC)c1OC. The monoisotopic (exact) mass is 508 g/mol. The third-order valence-corrected chi connectivity index (χ3v) is 6.90. The lowest BCUT2D eigenvalue weighted by atomic mass is 9.99. The highest BCUT2D eigenvalue weighted by Gasteiger charge is 2.22. The number of nitrogens with zero attached hydrogens (tertiary/aromatic N) is 2. The molecule has 0 bridgehead atoms. The molecule has 3 aromatic rings. The molecule has 0 atom stereocenters. The Balaban J connectivity index is 1.32. The summed E-state index contributed by atoms with van der Waals surface area (Å²) in [7, 11) is 4.78. The summed E-state index contributed by atoms with van der Waals surface area (Å²) < 4.78 is 16.3. The molecule has 1 aliphatic rings. The van der Waals surface area contributed by atoms with Crippen LogP contribution in [0, 0.1) is 0 Å². The van der Waals surface area contributed by atoms with Gasteiger partial charge in [0.1, 0.15) is 0 Å². The van der Waals surface area contributed by atoms with Crippen molar-refractivity contribution in [3.8, 4) is 28.4 Å². The van der Waals surface area contributed by atoms with Crippen molar-refractivity contribution in [3.05, 3.63) is 76.8 Å².